The SMILES string of the molecule is COC(=O)c1cc2n(n1)C[C@@](C)(C(=O)NC1CCCCCC1)N(c1ccccc1C)C2=O. The number of aromatic nitrogens is 2. The number of hydrogen-bond acceptors (Lipinski definition) is 5. The fourth-order valence-electron chi connectivity index (χ4n) is 4.74. The Hall–Kier alpha value is -3.16. The zero-order valence-corrected chi connectivity index (χ0v) is 18.9. The molecule has 2 heterocycles. The van der Waals surface area contributed by atoms with Crippen molar-refractivity contribution in [2.45, 2.75) is 70.5 Å². The van der Waals surface area contributed by atoms with Crippen molar-refractivity contribution in [3.05, 3.63) is 47.3 Å². The number of nitrogens with zero attached hydrogens (tertiary/aromatic N) is 3. The zero-order valence-electron chi connectivity index (χ0n) is 18.9. The third kappa shape index (κ3) is 3.89. The van der Waals surface area contributed by atoms with E-state index in [2.05, 4.69) is 10.4 Å². The summed E-state index contributed by atoms with van der Waals surface area (Å²) in [6.07, 6.45) is 6.44. The Morgan fingerprint density at radius 3 is 2.50 bits per heavy atom. The first-order valence-electron chi connectivity index (χ1n) is 11.2. The number of carbonyl (C=O) groups is 3. The summed E-state index contributed by atoms with van der Waals surface area (Å²) in [5.74, 6) is -1.19. The highest BCUT2D eigenvalue weighted by molar-refractivity contribution is 6.12. The van der Waals surface area contributed by atoms with Crippen LogP contribution in [0.5, 0.6) is 0 Å². The number of para-hydroxylation sites is 1. The van der Waals surface area contributed by atoms with Crippen molar-refractivity contribution in [1.29, 1.82) is 0 Å². The molecular weight excluding hydrogens is 408 g/mol. The monoisotopic (exact) mass is 438 g/mol. The molecule has 1 aliphatic carbocycles. The summed E-state index contributed by atoms with van der Waals surface area (Å²) in [6, 6.07) is 9.04. The highest BCUT2D eigenvalue weighted by atomic mass is 16.5. The minimum absolute atomic E-state index is 0.0500. The van der Waals surface area contributed by atoms with E-state index >= 15 is 0 Å². The maximum absolute atomic E-state index is 13.7. The summed E-state index contributed by atoms with van der Waals surface area (Å²) in [5.41, 5.74) is 0.656. The van der Waals surface area contributed by atoms with E-state index in [1.165, 1.54) is 30.7 Å². The molecule has 1 atom stereocenters. The van der Waals surface area contributed by atoms with E-state index in [4.69, 9.17) is 4.74 Å². The number of rotatable bonds is 4. The summed E-state index contributed by atoms with van der Waals surface area (Å²) in [4.78, 5) is 41.0. The number of carbonyl (C=O) groups excluding carboxylic acids is 3. The Bertz CT molecular complexity index is 1040. The van der Waals surface area contributed by atoms with Crippen LogP contribution in [0.3, 0.4) is 0 Å². The van der Waals surface area contributed by atoms with Gasteiger partial charge in [-0.15, -0.1) is 0 Å². The second-order valence-electron chi connectivity index (χ2n) is 8.93. The molecule has 2 aromatic rings. The molecule has 1 fully saturated rings. The number of ether oxygens (including phenoxy) is 1. The topological polar surface area (TPSA) is 93.5 Å². The summed E-state index contributed by atoms with van der Waals surface area (Å²) in [7, 11) is 1.27. The minimum Gasteiger partial charge on any atom is -0.464 e. The molecular formula is C24H30N4O4. The van der Waals surface area contributed by atoms with E-state index in [-0.39, 0.29) is 35.8 Å². The van der Waals surface area contributed by atoms with Crippen molar-refractivity contribution in [2.24, 2.45) is 0 Å². The number of esters is 1. The second-order valence-corrected chi connectivity index (χ2v) is 8.93. The van der Waals surface area contributed by atoms with Crippen LogP contribution in [0, 0.1) is 6.92 Å². The van der Waals surface area contributed by atoms with E-state index in [1.54, 1.807) is 11.8 Å². The normalized spacial score (nSPS) is 21.6. The standard InChI is InChI=1S/C24H30N4O4/c1-16-10-8-9-13-19(16)28-21(29)20-14-18(22(30)32-3)26-27(20)15-24(28,2)23(31)25-17-11-6-4-5-7-12-17/h8-10,13-14,17H,4-7,11-12,15H2,1-3H3,(H,25,31)/t24-/m0/s1. The third-order valence-electron chi connectivity index (χ3n) is 6.58. The van der Waals surface area contributed by atoms with Gasteiger partial charge in [0, 0.05) is 17.8 Å². The predicted molar refractivity (Wildman–Crippen MR) is 120 cm³/mol. The zero-order chi connectivity index (χ0) is 22.9. The van der Waals surface area contributed by atoms with Crippen LogP contribution in [0.2, 0.25) is 0 Å². The van der Waals surface area contributed by atoms with Gasteiger partial charge in [-0.1, -0.05) is 43.9 Å². The lowest BCUT2D eigenvalue weighted by Crippen LogP contribution is -2.65. The van der Waals surface area contributed by atoms with Crippen LogP contribution in [0.1, 0.15) is 72.0 Å². The first kappa shape index (κ1) is 22.0. The number of hydrogen-bond donors (Lipinski definition) is 1. The first-order valence-corrected chi connectivity index (χ1v) is 11.2. The molecule has 2 amide bonds. The Kier molecular flexibility index (Phi) is 6.04. The molecule has 1 saturated carbocycles. The summed E-state index contributed by atoms with van der Waals surface area (Å²) < 4.78 is 6.23. The Morgan fingerprint density at radius 1 is 1.16 bits per heavy atom. The van der Waals surface area contributed by atoms with Crippen LogP contribution in [0.25, 0.3) is 0 Å². The molecule has 0 radical (unpaired) electrons. The average Bonchev–Trinajstić information content (AvgIpc) is 3.03. The number of fused-ring (bicyclic) bond motifs is 1. The molecule has 0 spiro atoms. The quantitative estimate of drug-likeness (QED) is 0.584. The van der Waals surface area contributed by atoms with Gasteiger partial charge in [-0.05, 0) is 38.3 Å². The molecule has 170 valence electrons. The molecule has 0 bridgehead atoms. The first-order chi connectivity index (χ1) is 15.3. The fourth-order valence-corrected chi connectivity index (χ4v) is 4.74. The van der Waals surface area contributed by atoms with Crippen LogP contribution in [0.4, 0.5) is 5.69 Å². The molecule has 1 aromatic carbocycles. The van der Waals surface area contributed by atoms with E-state index in [9.17, 15) is 14.4 Å². The summed E-state index contributed by atoms with van der Waals surface area (Å²) in [5, 5.41) is 7.49. The van der Waals surface area contributed by atoms with Gasteiger partial charge in [-0.3, -0.25) is 19.2 Å². The van der Waals surface area contributed by atoms with Crippen LogP contribution in [-0.4, -0.2) is 46.3 Å². The minimum atomic E-state index is -1.21. The lowest BCUT2D eigenvalue weighted by Gasteiger charge is -2.44. The highest BCUT2D eigenvalue weighted by Crippen LogP contribution is 2.35. The Labute approximate surface area is 187 Å². The molecule has 8 nitrogen and oxygen atoms in total. The van der Waals surface area contributed by atoms with E-state index in [0.717, 1.165) is 31.2 Å². The van der Waals surface area contributed by atoms with Gasteiger partial charge in [-0.25, -0.2) is 4.79 Å². The van der Waals surface area contributed by atoms with Gasteiger partial charge < -0.3 is 10.1 Å². The molecule has 8 heteroatoms. The van der Waals surface area contributed by atoms with Gasteiger partial charge in [0.25, 0.3) is 5.91 Å². The van der Waals surface area contributed by atoms with E-state index in [1.807, 2.05) is 31.2 Å². The molecule has 0 saturated heterocycles. The van der Waals surface area contributed by atoms with E-state index in [0.29, 0.717) is 5.69 Å². The highest BCUT2D eigenvalue weighted by Gasteiger charge is 2.49. The second kappa shape index (κ2) is 8.76. The lowest BCUT2D eigenvalue weighted by atomic mass is 9.92. The Balaban J connectivity index is 1.76. The third-order valence-corrected chi connectivity index (χ3v) is 6.58. The largest absolute Gasteiger partial charge is 0.464 e. The molecule has 0 unspecified atom stereocenters. The van der Waals surface area contributed by atoms with Gasteiger partial charge >= 0.3 is 5.97 Å². The van der Waals surface area contributed by atoms with Crippen molar-refractivity contribution in [3.8, 4) is 0 Å². The van der Waals surface area contributed by atoms with Gasteiger partial charge in [0.1, 0.15) is 11.2 Å². The van der Waals surface area contributed by atoms with Gasteiger partial charge in [0.2, 0.25) is 5.91 Å². The fraction of sp³-hybridized carbons (Fsp3) is 0.500. The van der Waals surface area contributed by atoms with Crippen LogP contribution in [-0.2, 0) is 16.1 Å². The summed E-state index contributed by atoms with van der Waals surface area (Å²) in [6.45, 7) is 3.82. The van der Waals surface area contributed by atoms with Crippen molar-refractivity contribution < 1.29 is 19.1 Å². The van der Waals surface area contributed by atoms with Gasteiger partial charge in [0.05, 0.1) is 13.7 Å². The molecule has 1 N–H and O–H groups in total. The van der Waals surface area contributed by atoms with Crippen LogP contribution >= 0.6 is 0 Å². The Morgan fingerprint density at radius 2 is 1.84 bits per heavy atom. The maximum atomic E-state index is 13.7. The van der Waals surface area contributed by atoms with Crippen LogP contribution in [0.15, 0.2) is 30.3 Å². The maximum Gasteiger partial charge on any atom is 0.358 e. The number of methoxy groups -OCH3 is 1. The smallest absolute Gasteiger partial charge is 0.358 e. The molecule has 4 rings (SSSR count). The number of nitrogens with one attached hydrogen (secondary N) is 1. The van der Waals surface area contributed by atoms with Gasteiger partial charge in [-0.2, -0.15) is 5.10 Å². The molecule has 32 heavy (non-hydrogen) atoms. The van der Waals surface area contributed by atoms with Crippen molar-refractivity contribution in [3.63, 3.8) is 0 Å². The average molecular weight is 439 g/mol. The van der Waals surface area contributed by atoms with Crippen molar-refractivity contribution >= 4 is 23.5 Å². The number of benzene rings is 1. The number of amides is 2. The van der Waals surface area contributed by atoms with Crippen molar-refractivity contribution in [1.82, 2.24) is 15.1 Å². The van der Waals surface area contributed by atoms with E-state index < -0.39 is 11.5 Å². The molecule has 2 aliphatic rings. The molecule has 1 aromatic heterocycles. The van der Waals surface area contributed by atoms with Crippen molar-refractivity contribution in [2.75, 3.05) is 12.0 Å². The predicted octanol–water partition coefficient (Wildman–Crippen LogP) is 3.24. The summed E-state index contributed by atoms with van der Waals surface area (Å²) >= 11 is 0. The van der Waals surface area contributed by atoms with Gasteiger partial charge in [0.15, 0.2) is 5.69 Å². The lowest BCUT2D eigenvalue weighted by molar-refractivity contribution is -0.127. The number of anilines is 1. The molecule has 1 aliphatic heterocycles. The van der Waals surface area contributed by atoms with Crippen LogP contribution < -0.4 is 10.2 Å². The number of aryl methyl sites for hydroxylation is 1.